The Kier molecular flexibility index (Phi) is 7.87. The van der Waals surface area contributed by atoms with E-state index in [2.05, 4.69) is 34.9 Å². The molecule has 0 spiro atoms. The predicted octanol–water partition coefficient (Wildman–Crippen LogP) is 4.06. The zero-order valence-electron chi connectivity index (χ0n) is 18.5. The Morgan fingerprint density at radius 2 is 1.59 bits per heavy atom. The van der Waals surface area contributed by atoms with Crippen molar-refractivity contribution in [2.75, 3.05) is 6.61 Å². The summed E-state index contributed by atoms with van der Waals surface area (Å²) in [6.45, 7) is 3.87. The van der Waals surface area contributed by atoms with Gasteiger partial charge in [-0.25, -0.2) is 4.79 Å². The molecule has 32 heavy (non-hydrogen) atoms. The molecule has 0 fully saturated rings. The van der Waals surface area contributed by atoms with Gasteiger partial charge in [-0.15, -0.1) is 0 Å². The van der Waals surface area contributed by atoms with Crippen molar-refractivity contribution in [3.8, 4) is 11.1 Å². The van der Waals surface area contributed by atoms with E-state index in [1.165, 1.54) is 11.1 Å². The second-order valence-corrected chi connectivity index (χ2v) is 8.18. The number of benzene rings is 2. The second-order valence-electron chi connectivity index (χ2n) is 8.18. The summed E-state index contributed by atoms with van der Waals surface area (Å²) in [5.41, 5.74) is 4.64. The number of fused-ring (bicyclic) bond motifs is 3. The van der Waals surface area contributed by atoms with Crippen molar-refractivity contribution in [2.24, 2.45) is 0 Å². The van der Waals surface area contributed by atoms with Crippen LogP contribution in [0.25, 0.3) is 11.1 Å². The number of hydrogen-bond acceptors (Lipinski definition) is 4. The van der Waals surface area contributed by atoms with Crippen LogP contribution in [0.5, 0.6) is 0 Å². The van der Waals surface area contributed by atoms with Crippen LogP contribution in [0.3, 0.4) is 0 Å². The molecule has 170 valence electrons. The van der Waals surface area contributed by atoms with Crippen LogP contribution in [-0.4, -0.2) is 41.8 Å². The zero-order valence-corrected chi connectivity index (χ0v) is 18.5. The molecule has 0 aliphatic heterocycles. The molecule has 0 saturated carbocycles. The van der Waals surface area contributed by atoms with Crippen molar-refractivity contribution in [3.05, 3.63) is 59.7 Å². The second kappa shape index (κ2) is 10.8. The molecule has 2 atom stereocenters. The first-order valence-corrected chi connectivity index (χ1v) is 11.0. The monoisotopic (exact) mass is 438 g/mol. The number of aliphatic carboxylic acids is 1. The van der Waals surface area contributed by atoms with E-state index < -0.39 is 12.1 Å². The molecule has 1 aliphatic rings. The highest BCUT2D eigenvalue weighted by Gasteiger charge is 2.29. The summed E-state index contributed by atoms with van der Waals surface area (Å²) in [4.78, 5) is 35.2. The Balaban J connectivity index is 1.46. The van der Waals surface area contributed by atoms with Crippen LogP contribution >= 0.6 is 0 Å². The van der Waals surface area contributed by atoms with Crippen LogP contribution in [0.4, 0.5) is 4.79 Å². The molecule has 2 amide bonds. The summed E-state index contributed by atoms with van der Waals surface area (Å²) >= 11 is 0. The fourth-order valence-corrected chi connectivity index (χ4v) is 4.07. The molecule has 1 unspecified atom stereocenters. The van der Waals surface area contributed by atoms with Gasteiger partial charge in [0.2, 0.25) is 5.91 Å². The standard InChI is InChI=1S/C25H30N2O5/c1-3-17(14-24(29)30)27-23(28)13-12-16(2)26-25(31)32-15-22-20-10-6-4-8-18(20)19-9-5-7-11-21(19)22/h4-11,16-17,22H,3,12-15H2,1-2H3,(H,26,31)(H,27,28)(H,29,30)/t16?,17-/m1/s1. The van der Waals surface area contributed by atoms with E-state index >= 15 is 0 Å². The number of hydrogen-bond donors (Lipinski definition) is 3. The fraction of sp³-hybridized carbons (Fsp3) is 0.400. The first-order valence-electron chi connectivity index (χ1n) is 11.0. The van der Waals surface area contributed by atoms with Gasteiger partial charge in [-0.1, -0.05) is 55.5 Å². The lowest BCUT2D eigenvalue weighted by molar-refractivity contribution is -0.137. The molecule has 0 radical (unpaired) electrons. The molecule has 0 saturated heterocycles. The van der Waals surface area contributed by atoms with Crippen LogP contribution in [0, 0.1) is 0 Å². The summed E-state index contributed by atoms with van der Waals surface area (Å²) in [6, 6.07) is 15.7. The number of ether oxygens (including phenoxy) is 1. The Morgan fingerprint density at radius 3 is 2.16 bits per heavy atom. The van der Waals surface area contributed by atoms with Gasteiger partial charge in [0.05, 0.1) is 6.42 Å². The third-order valence-electron chi connectivity index (χ3n) is 5.79. The molecular weight excluding hydrogens is 408 g/mol. The van der Waals surface area contributed by atoms with E-state index in [1.807, 2.05) is 38.1 Å². The number of rotatable bonds is 10. The summed E-state index contributed by atoms with van der Waals surface area (Å²) in [5.74, 6) is -1.17. The Hall–Kier alpha value is -3.35. The van der Waals surface area contributed by atoms with E-state index in [0.29, 0.717) is 12.8 Å². The minimum atomic E-state index is -0.942. The van der Waals surface area contributed by atoms with Gasteiger partial charge in [0.1, 0.15) is 6.61 Å². The van der Waals surface area contributed by atoms with Crippen LogP contribution in [-0.2, 0) is 14.3 Å². The number of carboxylic acid groups (broad SMARTS) is 1. The SMILES string of the molecule is CC[C@H](CC(=O)O)NC(=O)CCC(C)NC(=O)OCC1c2ccccc2-c2ccccc21. The van der Waals surface area contributed by atoms with Crippen molar-refractivity contribution >= 4 is 18.0 Å². The van der Waals surface area contributed by atoms with Crippen LogP contribution in [0.15, 0.2) is 48.5 Å². The fourth-order valence-electron chi connectivity index (χ4n) is 4.07. The lowest BCUT2D eigenvalue weighted by Crippen LogP contribution is -2.38. The smallest absolute Gasteiger partial charge is 0.407 e. The van der Waals surface area contributed by atoms with E-state index in [0.717, 1.165) is 11.1 Å². The molecule has 2 aromatic rings. The van der Waals surface area contributed by atoms with Gasteiger partial charge in [0.15, 0.2) is 0 Å². The van der Waals surface area contributed by atoms with Crippen molar-refractivity contribution in [1.82, 2.24) is 10.6 Å². The maximum absolute atomic E-state index is 12.3. The normalized spacial score (nSPS) is 14.1. The molecule has 3 rings (SSSR count). The van der Waals surface area contributed by atoms with Crippen molar-refractivity contribution < 1.29 is 24.2 Å². The highest BCUT2D eigenvalue weighted by Crippen LogP contribution is 2.44. The highest BCUT2D eigenvalue weighted by atomic mass is 16.5. The minimum Gasteiger partial charge on any atom is -0.481 e. The Morgan fingerprint density at radius 1 is 1.00 bits per heavy atom. The number of nitrogens with one attached hydrogen (secondary N) is 2. The van der Waals surface area contributed by atoms with Crippen molar-refractivity contribution in [1.29, 1.82) is 0 Å². The van der Waals surface area contributed by atoms with E-state index in [9.17, 15) is 14.4 Å². The van der Waals surface area contributed by atoms with Gasteiger partial charge >= 0.3 is 12.1 Å². The highest BCUT2D eigenvalue weighted by molar-refractivity contribution is 5.79. The van der Waals surface area contributed by atoms with Gasteiger partial charge in [-0.05, 0) is 42.0 Å². The van der Waals surface area contributed by atoms with Crippen molar-refractivity contribution in [3.63, 3.8) is 0 Å². The van der Waals surface area contributed by atoms with Gasteiger partial charge in [-0.2, -0.15) is 0 Å². The van der Waals surface area contributed by atoms with E-state index in [1.54, 1.807) is 0 Å². The summed E-state index contributed by atoms with van der Waals surface area (Å²) in [6.07, 6.45) is 0.555. The largest absolute Gasteiger partial charge is 0.481 e. The molecule has 0 aromatic heterocycles. The van der Waals surface area contributed by atoms with E-state index in [-0.39, 0.29) is 43.4 Å². The molecule has 2 aromatic carbocycles. The third kappa shape index (κ3) is 5.87. The van der Waals surface area contributed by atoms with Gasteiger partial charge in [0, 0.05) is 24.4 Å². The Bertz CT molecular complexity index is 929. The summed E-state index contributed by atoms with van der Waals surface area (Å²) < 4.78 is 5.53. The van der Waals surface area contributed by atoms with E-state index in [4.69, 9.17) is 9.84 Å². The first-order chi connectivity index (χ1) is 15.4. The van der Waals surface area contributed by atoms with Gasteiger partial charge in [-0.3, -0.25) is 9.59 Å². The average Bonchev–Trinajstić information content (AvgIpc) is 3.09. The lowest BCUT2D eigenvalue weighted by atomic mass is 9.98. The summed E-state index contributed by atoms with van der Waals surface area (Å²) in [5, 5.41) is 14.4. The average molecular weight is 439 g/mol. The molecule has 7 nitrogen and oxygen atoms in total. The third-order valence-corrected chi connectivity index (χ3v) is 5.79. The molecule has 0 heterocycles. The maximum atomic E-state index is 12.3. The molecule has 1 aliphatic carbocycles. The first kappa shape index (κ1) is 23.3. The lowest BCUT2D eigenvalue weighted by Gasteiger charge is -2.18. The topological polar surface area (TPSA) is 105 Å². The number of carboxylic acids is 1. The quantitative estimate of drug-likeness (QED) is 0.519. The zero-order chi connectivity index (χ0) is 23.1. The minimum absolute atomic E-state index is 0.00514. The van der Waals surface area contributed by atoms with Gasteiger partial charge < -0.3 is 20.5 Å². The Labute approximate surface area is 188 Å². The van der Waals surface area contributed by atoms with Gasteiger partial charge in [0.25, 0.3) is 0 Å². The van der Waals surface area contributed by atoms with Crippen LogP contribution in [0.1, 0.15) is 56.6 Å². The number of carbonyl (C=O) groups excluding carboxylic acids is 2. The van der Waals surface area contributed by atoms with Crippen molar-refractivity contribution in [2.45, 2.75) is 57.5 Å². The van der Waals surface area contributed by atoms with Crippen LogP contribution in [0.2, 0.25) is 0 Å². The molecular formula is C25H30N2O5. The van der Waals surface area contributed by atoms with Crippen LogP contribution < -0.4 is 10.6 Å². The summed E-state index contributed by atoms with van der Waals surface area (Å²) in [7, 11) is 0. The predicted molar refractivity (Wildman–Crippen MR) is 121 cm³/mol. The molecule has 7 heteroatoms. The maximum Gasteiger partial charge on any atom is 0.407 e. The number of alkyl carbamates (subject to hydrolysis) is 1. The molecule has 3 N–H and O–H groups in total. The number of amides is 2. The molecule has 0 bridgehead atoms. The number of carbonyl (C=O) groups is 3.